The van der Waals surface area contributed by atoms with Gasteiger partial charge in [-0.15, -0.1) is 10.2 Å². The third kappa shape index (κ3) is 4.39. The number of fused-ring (bicyclic) bond motifs is 1. The fourth-order valence-electron chi connectivity index (χ4n) is 3.23. The lowest BCUT2D eigenvalue weighted by Gasteiger charge is -2.28. The van der Waals surface area contributed by atoms with Gasteiger partial charge in [-0.25, -0.2) is 0 Å². The highest BCUT2D eigenvalue weighted by molar-refractivity contribution is 7.99. The Hall–Kier alpha value is -2.74. The molecule has 1 aromatic carbocycles. The Morgan fingerprint density at radius 1 is 1.04 bits per heavy atom. The molecule has 0 saturated carbocycles. The number of hydrogen-bond acceptors (Lipinski definition) is 5. The molecule has 2 aromatic heterocycles. The van der Waals surface area contributed by atoms with Gasteiger partial charge in [-0.05, 0) is 29.8 Å². The van der Waals surface area contributed by atoms with Crippen LogP contribution >= 0.6 is 11.8 Å². The van der Waals surface area contributed by atoms with E-state index in [0.717, 1.165) is 37.1 Å². The van der Waals surface area contributed by atoms with Crippen LogP contribution in [0, 0.1) is 0 Å². The Morgan fingerprint density at radius 2 is 1.82 bits per heavy atom. The Labute approximate surface area is 169 Å². The zero-order valence-electron chi connectivity index (χ0n) is 16.0. The van der Waals surface area contributed by atoms with E-state index >= 15 is 0 Å². The first-order valence-corrected chi connectivity index (χ1v) is 10.6. The summed E-state index contributed by atoms with van der Waals surface area (Å²) in [4.78, 5) is 6.76. The van der Waals surface area contributed by atoms with E-state index < -0.39 is 0 Å². The van der Waals surface area contributed by atoms with E-state index in [2.05, 4.69) is 55.0 Å². The summed E-state index contributed by atoms with van der Waals surface area (Å²) in [6.45, 7) is 3.54. The van der Waals surface area contributed by atoms with Crippen LogP contribution in [0.5, 0.6) is 0 Å². The van der Waals surface area contributed by atoms with Crippen molar-refractivity contribution in [1.82, 2.24) is 25.2 Å². The van der Waals surface area contributed by atoms with Crippen LogP contribution in [0.15, 0.2) is 53.7 Å². The van der Waals surface area contributed by atoms with Crippen molar-refractivity contribution in [2.45, 2.75) is 13.1 Å². The molecule has 2 N–H and O–H groups in total. The summed E-state index contributed by atoms with van der Waals surface area (Å²) in [6, 6.07) is 14.7. The number of aliphatic imine (C=N–C) groups is 1. The maximum atomic E-state index is 4.30. The summed E-state index contributed by atoms with van der Waals surface area (Å²) >= 11 is 2.03. The lowest BCUT2D eigenvalue weighted by molar-refractivity contribution is 0.762. The first-order valence-electron chi connectivity index (χ1n) is 9.48. The van der Waals surface area contributed by atoms with Gasteiger partial charge in [-0.2, -0.15) is 11.8 Å². The normalized spacial score (nSPS) is 15.0. The van der Waals surface area contributed by atoms with Crippen molar-refractivity contribution in [3.8, 4) is 0 Å². The van der Waals surface area contributed by atoms with Gasteiger partial charge in [0.1, 0.15) is 0 Å². The Morgan fingerprint density at radius 3 is 2.61 bits per heavy atom. The van der Waals surface area contributed by atoms with Crippen LogP contribution in [0.2, 0.25) is 0 Å². The Bertz CT molecular complexity index is 929. The van der Waals surface area contributed by atoms with E-state index in [9.17, 15) is 0 Å². The molecular weight excluding hydrogens is 370 g/mol. The van der Waals surface area contributed by atoms with Gasteiger partial charge in [0.2, 0.25) is 0 Å². The first kappa shape index (κ1) is 18.6. The third-order valence-corrected chi connectivity index (χ3v) is 5.74. The van der Waals surface area contributed by atoms with Crippen LogP contribution in [-0.4, -0.2) is 52.2 Å². The van der Waals surface area contributed by atoms with Crippen LogP contribution in [0.1, 0.15) is 11.4 Å². The molecule has 0 amide bonds. The Balaban J connectivity index is 1.30. The molecule has 0 bridgehead atoms. The molecule has 0 unspecified atom stereocenters. The van der Waals surface area contributed by atoms with Crippen molar-refractivity contribution in [3.63, 3.8) is 0 Å². The maximum Gasteiger partial charge on any atom is 0.191 e. The largest absolute Gasteiger partial charge is 0.370 e. The van der Waals surface area contributed by atoms with Crippen molar-refractivity contribution in [3.05, 3.63) is 60.0 Å². The molecule has 0 atom stereocenters. The van der Waals surface area contributed by atoms with E-state index in [1.54, 1.807) is 7.05 Å². The molecule has 1 aliphatic rings. The highest BCUT2D eigenvalue weighted by atomic mass is 32.2. The van der Waals surface area contributed by atoms with Gasteiger partial charge in [0.15, 0.2) is 17.4 Å². The summed E-state index contributed by atoms with van der Waals surface area (Å²) in [6.07, 6.45) is 1.96. The second-order valence-electron chi connectivity index (χ2n) is 6.59. The number of rotatable bonds is 5. The highest BCUT2D eigenvalue weighted by Gasteiger charge is 2.11. The minimum atomic E-state index is 0.552. The van der Waals surface area contributed by atoms with E-state index in [4.69, 9.17) is 0 Å². The number of pyridine rings is 1. The zero-order valence-corrected chi connectivity index (χ0v) is 16.8. The van der Waals surface area contributed by atoms with Crippen molar-refractivity contribution in [2.75, 3.05) is 36.5 Å². The van der Waals surface area contributed by atoms with Crippen LogP contribution in [0.4, 0.5) is 5.69 Å². The van der Waals surface area contributed by atoms with Crippen molar-refractivity contribution < 1.29 is 0 Å². The lowest BCUT2D eigenvalue weighted by atomic mass is 10.2. The molecule has 146 valence electrons. The van der Waals surface area contributed by atoms with Gasteiger partial charge in [-0.1, -0.05) is 18.2 Å². The molecule has 7 nitrogen and oxygen atoms in total. The molecule has 3 aromatic rings. The van der Waals surface area contributed by atoms with Gasteiger partial charge in [0.25, 0.3) is 0 Å². The molecule has 4 rings (SSSR count). The maximum absolute atomic E-state index is 4.30. The summed E-state index contributed by atoms with van der Waals surface area (Å²) in [5, 5.41) is 15.1. The smallest absolute Gasteiger partial charge is 0.191 e. The topological polar surface area (TPSA) is 69.8 Å². The number of benzene rings is 1. The average molecular weight is 396 g/mol. The molecule has 1 saturated heterocycles. The molecule has 1 aliphatic heterocycles. The minimum Gasteiger partial charge on any atom is -0.370 e. The quantitative estimate of drug-likeness (QED) is 0.510. The summed E-state index contributed by atoms with van der Waals surface area (Å²) in [5.74, 6) is 4.02. The first-order chi connectivity index (χ1) is 13.8. The monoisotopic (exact) mass is 395 g/mol. The second kappa shape index (κ2) is 8.97. The van der Waals surface area contributed by atoms with Crippen LogP contribution in [0.25, 0.3) is 5.65 Å². The molecule has 0 radical (unpaired) electrons. The molecule has 3 heterocycles. The lowest BCUT2D eigenvalue weighted by Crippen LogP contribution is -2.36. The minimum absolute atomic E-state index is 0.552. The van der Waals surface area contributed by atoms with Gasteiger partial charge in [0, 0.05) is 50.1 Å². The number of thioether (sulfide) groups is 1. The summed E-state index contributed by atoms with van der Waals surface area (Å²) < 4.78 is 1.97. The molecule has 8 heteroatoms. The van der Waals surface area contributed by atoms with Crippen LogP contribution < -0.4 is 15.5 Å². The predicted molar refractivity (Wildman–Crippen MR) is 116 cm³/mol. The molecule has 0 aliphatic carbocycles. The van der Waals surface area contributed by atoms with Crippen molar-refractivity contribution in [2.24, 2.45) is 4.99 Å². The summed E-state index contributed by atoms with van der Waals surface area (Å²) in [5.41, 5.74) is 3.38. The van der Waals surface area contributed by atoms with Gasteiger partial charge < -0.3 is 15.5 Å². The van der Waals surface area contributed by atoms with Gasteiger partial charge >= 0.3 is 0 Å². The number of nitrogens with zero attached hydrogens (tertiary/aromatic N) is 5. The molecular formula is C20H25N7S. The van der Waals surface area contributed by atoms with Gasteiger partial charge in [-0.3, -0.25) is 9.39 Å². The molecule has 0 spiro atoms. The summed E-state index contributed by atoms with van der Waals surface area (Å²) in [7, 11) is 1.77. The molecule has 28 heavy (non-hydrogen) atoms. The Kier molecular flexibility index (Phi) is 5.96. The van der Waals surface area contributed by atoms with E-state index in [1.165, 1.54) is 22.8 Å². The van der Waals surface area contributed by atoms with E-state index in [1.807, 2.05) is 40.6 Å². The van der Waals surface area contributed by atoms with Crippen LogP contribution in [0.3, 0.4) is 0 Å². The number of aromatic nitrogens is 3. The number of nitrogens with one attached hydrogen (secondary N) is 2. The number of guanidine groups is 1. The van der Waals surface area contributed by atoms with E-state index in [0.29, 0.717) is 6.54 Å². The predicted octanol–water partition coefficient (Wildman–Crippen LogP) is 2.15. The number of anilines is 1. The standard InChI is InChI=1S/C20H25N7S/c1-21-20(23-15-19-25-24-18-4-2-3-9-27(18)19)22-14-16-5-7-17(8-6-16)26-10-12-28-13-11-26/h2-9H,10-15H2,1H3,(H2,21,22,23). The average Bonchev–Trinajstić information content (AvgIpc) is 3.18. The van der Waals surface area contributed by atoms with Crippen LogP contribution in [-0.2, 0) is 13.1 Å². The third-order valence-electron chi connectivity index (χ3n) is 4.79. The SMILES string of the molecule is CN=C(NCc1ccc(N2CCSCC2)cc1)NCc1nnc2ccccn12. The zero-order chi connectivity index (χ0) is 19.2. The second-order valence-corrected chi connectivity index (χ2v) is 7.82. The van der Waals surface area contributed by atoms with Crippen molar-refractivity contribution >= 4 is 29.1 Å². The fourth-order valence-corrected chi connectivity index (χ4v) is 4.13. The van der Waals surface area contributed by atoms with Gasteiger partial charge in [0.05, 0.1) is 6.54 Å². The number of hydrogen-bond donors (Lipinski definition) is 2. The highest BCUT2D eigenvalue weighted by Crippen LogP contribution is 2.19. The van der Waals surface area contributed by atoms with E-state index in [-0.39, 0.29) is 0 Å². The molecule has 1 fully saturated rings. The fraction of sp³-hybridized carbons (Fsp3) is 0.350. The van der Waals surface area contributed by atoms with Crippen molar-refractivity contribution in [1.29, 1.82) is 0 Å².